The highest BCUT2D eigenvalue weighted by molar-refractivity contribution is 5.94. The van der Waals surface area contributed by atoms with Gasteiger partial charge in [-0.05, 0) is 63.8 Å². The van der Waals surface area contributed by atoms with Crippen molar-refractivity contribution in [2.45, 2.75) is 77.8 Å². The van der Waals surface area contributed by atoms with Crippen LogP contribution in [0.15, 0.2) is 24.3 Å². The van der Waals surface area contributed by atoms with Gasteiger partial charge in [0.2, 0.25) is 0 Å². The molecule has 1 heterocycles. The van der Waals surface area contributed by atoms with Crippen molar-refractivity contribution in [3.05, 3.63) is 29.8 Å². The zero-order chi connectivity index (χ0) is 19.6. The maximum Gasteiger partial charge on any atom is 0.260 e. The molecule has 0 aromatic heterocycles. The maximum absolute atomic E-state index is 12.5. The van der Waals surface area contributed by atoms with Gasteiger partial charge in [0.05, 0.1) is 0 Å². The molecule has 2 rings (SSSR count). The van der Waals surface area contributed by atoms with Crippen LogP contribution in [0.5, 0.6) is 5.75 Å². The summed E-state index contributed by atoms with van der Waals surface area (Å²) >= 11 is 0. The van der Waals surface area contributed by atoms with E-state index in [2.05, 4.69) is 26.1 Å². The number of amides is 2. The average molecular weight is 375 g/mol. The summed E-state index contributed by atoms with van der Waals surface area (Å²) in [4.78, 5) is 26.6. The zero-order valence-corrected chi connectivity index (χ0v) is 17.0. The third kappa shape index (κ3) is 6.56. The summed E-state index contributed by atoms with van der Waals surface area (Å²) in [6, 6.07) is 7.53. The predicted octanol–water partition coefficient (Wildman–Crippen LogP) is 4.17. The fraction of sp³-hybridized carbons (Fsp3) is 0.636. The molecule has 0 saturated carbocycles. The number of ether oxygens (including phenoxy) is 1. The summed E-state index contributed by atoms with van der Waals surface area (Å²) < 4.78 is 5.65. The van der Waals surface area contributed by atoms with Crippen molar-refractivity contribution in [1.82, 2.24) is 10.2 Å². The lowest BCUT2D eigenvalue weighted by atomic mass is 9.97. The van der Waals surface area contributed by atoms with E-state index in [0.717, 1.165) is 25.7 Å². The molecule has 1 aromatic rings. The normalized spacial score (nSPS) is 19.6. The van der Waals surface area contributed by atoms with Crippen LogP contribution < -0.4 is 10.1 Å². The Hall–Kier alpha value is -2.04. The van der Waals surface area contributed by atoms with E-state index < -0.39 is 0 Å². The largest absolute Gasteiger partial charge is 0.484 e. The fourth-order valence-corrected chi connectivity index (χ4v) is 3.69. The number of piperidine rings is 1. The van der Waals surface area contributed by atoms with Crippen molar-refractivity contribution >= 4 is 11.8 Å². The van der Waals surface area contributed by atoms with E-state index in [0.29, 0.717) is 17.9 Å². The van der Waals surface area contributed by atoms with E-state index >= 15 is 0 Å². The Balaban J connectivity index is 1.78. The van der Waals surface area contributed by atoms with Crippen LogP contribution in [0.3, 0.4) is 0 Å². The van der Waals surface area contributed by atoms with Gasteiger partial charge in [0, 0.05) is 24.2 Å². The van der Waals surface area contributed by atoms with Crippen LogP contribution in [0.25, 0.3) is 0 Å². The van der Waals surface area contributed by atoms with Gasteiger partial charge in [-0.15, -0.1) is 0 Å². The van der Waals surface area contributed by atoms with Gasteiger partial charge < -0.3 is 15.0 Å². The number of carbonyl (C=O) groups is 2. The molecule has 5 nitrogen and oxygen atoms in total. The molecular formula is C22H34N2O3. The van der Waals surface area contributed by atoms with Gasteiger partial charge in [-0.1, -0.05) is 26.2 Å². The molecule has 2 unspecified atom stereocenters. The number of nitrogens with zero attached hydrogens (tertiary/aromatic N) is 1. The lowest BCUT2D eigenvalue weighted by Gasteiger charge is -2.38. The Morgan fingerprint density at radius 3 is 2.37 bits per heavy atom. The third-order valence-electron chi connectivity index (χ3n) is 5.28. The van der Waals surface area contributed by atoms with Gasteiger partial charge in [-0.3, -0.25) is 9.59 Å². The SMILES string of the molecule is CCCCCCNC(=O)c1ccc(OCC(=O)N2C(C)CCCC2C)cc1. The third-order valence-corrected chi connectivity index (χ3v) is 5.28. The lowest BCUT2D eigenvalue weighted by Crippen LogP contribution is -2.49. The van der Waals surface area contributed by atoms with Crippen molar-refractivity contribution in [3.8, 4) is 5.75 Å². The van der Waals surface area contributed by atoms with Crippen LogP contribution in [0.1, 0.15) is 76.1 Å². The van der Waals surface area contributed by atoms with Gasteiger partial charge in [0.15, 0.2) is 6.61 Å². The van der Waals surface area contributed by atoms with Crippen LogP contribution in [0.4, 0.5) is 0 Å². The van der Waals surface area contributed by atoms with Crippen molar-refractivity contribution < 1.29 is 14.3 Å². The minimum atomic E-state index is -0.0647. The van der Waals surface area contributed by atoms with Crippen LogP contribution in [-0.4, -0.2) is 41.9 Å². The Bertz CT molecular complexity index is 590. The second-order valence-corrected chi connectivity index (χ2v) is 7.56. The molecule has 1 aliphatic rings. The number of rotatable bonds is 9. The van der Waals surface area contributed by atoms with Crippen molar-refractivity contribution in [2.75, 3.05) is 13.2 Å². The highest BCUT2D eigenvalue weighted by Gasteiger charge is 2.28. The molecule has 27 heavy (non-hydrogen) atoms. The molecule has 2 atom stereocenters. The number of likely N-dealkylation sites (tertiary alicyclic amines) is 1. The molecule has 1 saturated heterocycles. The molecule has 0 spiro atoms. The molecule has 1 aliphatic heterocycles. The lowest BCUT2D eigenvalue weighted by molar-refractivity contribution is -0.139. The van der Waals surface area contributed by atoms with E-state index in [1.54, 1.807) is 24.3 Å². The molecule has 1 fully saturated rings. The first kappa shape index (κ1) is 21.3. The Kier molecular flexibility index (Phi) is 8.62. The molecular weight excluding hydrogens is 340 g/mol. The molecule has 0 bridgehead atoms. The van der Waals surface area contributed by atoms with E-state index in [9.17, 15) is 9.59 Å². The fourth-order valence-electron chi connectivity index (χ4n) is 3.69. The standard InChI is InChI=1S/C22H34N2O3/c1-4-5-6-7-15-23-22(26)19-11-13-20(14-12-19)27-16-21(25)24-17(2)9-8-10-18(24)3/h11-14,17-18H,4-10,15-16H2,1-3H3,(H,23,26). The van der Waals surface area contributed by atoms with Crippen LogP contribution in [0.2, 0.25) is 0 Å². The second-order valence-electron chi connectivity index (χ2n) is 7.56. The molecule has 2 amide bonds. The number of benzene rings is 1. The summed E-state index contributed by atoms with van der Waals surface area (Å²) in [6.07, 6.45) is 7.83. The van der Waals surface area contributed by atoms with Crippen molar-refractivity contribution in [1.29, 1.82) is 0 Å². The van der Waals surface area contributed by atoms with Gasteiger partial charge in [0.25, 0.3) is 11.8 Å². The van der Waals surface area contributed by atoms with Crippen molar-refractivity contribution in [3.63, 3.8) is 0 Å². The highest BCUT2D eigenvalue weighted by atomic mass is 16.5. The Labute approximate surface area is 163 Å². The monoisotopic (exact) mass is 374 g/mol. The maximum atomic E-state index is 12.5. The zero-order valence-electron chi connectivity index (χ0n) is 17.0. The number of hydrogen-bond donors (Lipinski definition) is 1. The van der Waals surface area contributed by atoms with E-state index in [-0.39, 0.29) is 30.5 Å². The smallest absolute Gasteiger partial charge is 0.260 e. The topological polar surface area (TPSA) is 58.6 Å². The van der Waals surface area contributed by atoms with E-state index in [1.807, 2.05) is 4.90 Å². The minimum Gasteiger partial charge on any atom is -0.484 e. The quantitative estimate of drug-likeness (QED) is 0.660. The van der Waals surface area contributed by atoms with Crippen LogP contribution >= 0.6 is 0 Å². The second kappa shape index (κ2) is 11.0. The molecule has 1 N–H and O–H groups in total. The summed E-state index contributed by atoms with van der Waals surface area (Å²) in [5.41, 5.74) is 0.613. The summed E-state index contributed by atoms with van der Waals surface area (Å²) in [7, 11) is 0. The predicted molar refractivity (Wildman–Crippen MR) is 108 cm³/mol. The van der Waals surface area contributed by atoms with Gasteiger partial charge in [0.1, 0.15) is 5.75 Å². The summed E-state index contributed by atoms with van der Waals surface area (Å²) in [5.74, 6) is 0.578. The van der Waals surface area contributed by atoms with Gasteiger partial charge in [-0.25, -0.2) is 0 Å². The molecule has 0 aliphatic carbocycles. The number of unbranched alkanes of at least 4 members (excludes halogenated alkanes) is 3. The minimum absolute atomic E-state index is 0.0311. The molecule has 5 heteroatoms. The highest BCUT2D eigenvalue weighted by Crippen LogP contribution is 2.23. The van der Waals surface area contributed by atoms with E-state index in [1.165, 1.54) is 19.3 Å². The van der Waals surface area contributed by atoms with Crippen LogP contribution in [-0.2, 0) is 4.79 Å². The molecule has 0 radical (unpaired) electrons. The van der Waals surface area contributed by atoms with E-state index in [4.69, 9.17) is 4.74 Å². The summed E-state index contributed by atoms with van der Waals surface area (Å²) in [5, 5.41) is 2.94. The summed E-state index contributed by atoms with van der Waals surface area (Å²) in [6.45, 7) is 7.12. The van der Waals surface area contributed by atoms with Crippen molar-refractivity contribution in [2.24, 2.45) is 0 Å². The number of nitrogens with one attached hydrogen (secondary N) is 1. The molecule has 150 valence electrons. The van der Waals surface area contributed by atoms with Gasteiger partial charge in [-0.2, -0.15) is 0 Å². The number of hydrogen-bond acceptors (Lipinski definition) is 3. The first-order chi connectivity index (χ1) is 13.0. The first-order valence-corrected chi connectivity index (χ1v) is 10.3. The van der Waals surface area contributed by atoms with Gasteiger partial charge >= 0.3 is 0 Å². The Morgan fingerprint density at radius 1 is 1.07 bits per heavy atom. The first-order valence-electron chi connectivity index (χ1n) is 10.3. The van der Waals surface area contributed by atoms with Crippen LogP contribution in [0, 0.1) is 0 Å². The number of carbonyl (C=O) groups excluding carboxylic acids is 2. The molecule has 1 aromatic carbocycles. The Morgan fingerprint density at radius 2 is 1.74 bits per heavy atom. The average Bonchev–Trinajstić information content (AvgIpc) is 2.66.